The van der Waals surface area contributed by atoms with Gasteiger partial charge >= 0.3 is 0 Å². The maximum Gasteiger partial charge on any atom is 0.126 e. The van der Waals surface area contributed by atoms with E-state index in [1.807, 2.05) is 0 Å². The van der Waals surface area contributed by atoms with Gasteiger partial charge in [0, 0.05) is 31.6 Å². The third kappa shape index (κ3) is 3.67. The van der Waals surface area contributed by atoms with Crippen LogP contribution in [0.2, 0.25) is 0 Å². The number of β-amino-alcohol motifs (C(OH)–C–C–N with tert-alkyl or cyclic N) is 1. The molecule has 3 aliphatic rings. The summed E-state index contributed by atoms with van der Waals surface area (Å²) in [7, 11) is 0. The first-order valence-corrected chi connectivity index (χ1v) is 10.7. The van der Waals surface area contributed by atoms with Crippen molar-refractivity contribution in [1.29, 1.82) is 0 Å². The monoisotopic (exact) mass is 397 g/mol. The number of aliphatic hydroxyl groups is 2. The zero-order valence-electron chi connectivity index (χ0n) is 16.6. The van der Waals surface area contributed by atoms with Crippen LogP contribution in [0.25, 0.3) is 0 Å². The number of likely N-dealkylation sites (tertiary alicyclic amines) is 1. The number of fused-ring (bicyclic) bond motifs is 2. The molecule has 2 heterocycles. The Hall–Kier alpha value is -1.95. The zero-order chi connectivity index (χ0) is 20.0. The molecule has 0 amide bonds. The maximum absolute atomic E-state index is 13.5. The minimum absolute atomic E-state index is 0.349. The van der Waals surface area contributed by atoms with Gasteiger partial charge in [0.2, 0.25) is 0 Å². The van der Waals surface area contributed by atoms with Crippen molar-refractivity contribution in [3.05, 3.63) is 64.5 Å². The Morgan fingerprint density at radius 3 is 2.72 bits per heavy atom. The van der Waals surface area contributed by atoms with Gasteiger partial charge in [-0.05, 0) is 67.0 Å². The number of aliphatic hydroxyl groups excluding tert-OH is 2. The van der Waals surface area contributed by atoms with Crippen LogP contribution in [0.4, 0.5) is 4.39 Å². The first-order chi connectivity index (χ1) is 14.0. The lowest BCUT2D eigenvalue weighted by atomic mass is 9.81. The average molecular weight is 397 g/mol. The summed E-state index contributed by atoms with van der Waals surface area (Å²) in [4.78, 5) is 2.28. The molecule has 1 saturated heterocycles. The molecule has 0 radical (unpaired) electrons. The summed E-state index contributed by atoms with van der Waals surface area (Å²) < 4.78 is 19.7. The topological polar surface area (TPSA) is 52.9 Å². The second-order valence-electron chi connectivity index (χ2n) is 8.89. The standard InChI is InChI=1S/C24H28FNO3/c25-19-6-7-23-20(13-19)21(27)14-24(29-23)8-10-26(11-9-24)15-22(28)18-5-4-16-2-1-3-17(16)12-18/h4-7,12-13,21-22,27-28H,1-3,8-11,14-15H2. The minimum atomic E-state index is -0.696. The lowest BCUT2D eigenvalue weighted by molar-refractivity contribution is -0.0589. The Morgan fingerprint density at radius 1 is 1.10 bits per heavy atom. The van der Waals surface area contributed by atoms with Crippen LogP contribution in [-0.2, 0) is 12.8 Å². The molecule has 2 unspecified atom stereocenters. The molecule has 2 atom stereocenters. The van der Waals surface area contributed by atoms with E-state index in [0.29, 0.717) is 24.3 Å². The van der Waals surface area contributed by atoms with Crippen molar-refractivity contribution >= 4 is 0 Å². The third-order valence-electron chi connectivity index (χ3n) is 6.93. The fourth-order valence-corrected chi connectivity index (χ4v) is 5.21. The highest BCUT2D eigenvalue weighted by Crippen LogP contribution is 2.44. The van der Waals surface area contributed by atoms with Crippen LogP contribution in [0.1, 0.15) is 60.1 Å². The molecule has 5 rings (SSSR count). The molecular weight excluding hydrogens is 369 g/mol. The molecule has 4 nitrogen and oxygen atoms in total. The van der Waals surface area contributed by atoms with E-state index in [1.165, 1.54) is 29.7 Å². The number of aryl methyl sites for hydroxylation is 2. The molecule has 2 aromatic rings. The summed E-state index contributed by atoms with van der Waals surface area (Å²) in [6, 6.07) is 10.8. The number of rotatable bonds is 3. The molecule has 1 fully saturated rings. The maximum atomic E-state index is 13.5. The van der Waals surface area contributed by atoms with Crippen molar-refractivity contribution in [2.45, 2.75) is 56.3 Å². The van der Waals surface area contributed by atoms with E-state index in [-0.39, 0.29) is 5.82 Å². The summed E-state index contributed by atoms with van der Waals surface area (Å²) in [6.07, 6.45) is 4.37. The predicted octanol–water partition coefficient (Wildman–Crippen LogP) is 3.70. The van der Waals surface area contributed by atoms with Crippen LogP contribution in [0.5, 0.6) is 5.75 Å². The Bertz CT molecular complexity index is 907. The van der Waals surface area contributed by atoms with Crippen LogP contribution < -0.4 is 4.74 Å². The van der Waals surface area contributed by atoms with Crippen molar-refractivity contribution in [3.8, 4) is 5.75 Å². The summed E-state index contributed by atoms with van der Waals surface area (Å²) in [6.45, 7) is 2.23. The van der Waals surface area contributed by atoms with Gasteiger partial charge in [-0.15, -0.1) is 0 Å². The normalized spacial score (nSPS) is 24.0. The van der Waals surface area contributed by atoms with Crippen LogP contribution in [0.3, 0.4) is 0 Å². The van der Waals surface area contributed by atoms with Crippen molar-refractivity contribution in [2.75, 3.05) is 19.6 Å². The number of hydrogen-bond donors (Lipinski definition) is 2. The average Bonchev–Trinajstić information content (AvgIpc) is 3.18. The van der Waals surface area contributed by atoms with Gasteiger partial charge in [-0.3, -0.25) is 0 Å². The van der Waals surface area contributed by atoms with Crippen molar-refractivity contribution in [3.63, 3.8) is 0 Å². The molecule has 0 bridgehead atoms. The summed E-state index contributed by atoms with van der Waals surface area (Å²) in [5.74, 6) is 0.245. The summed E-state index contributed by atoms with van der Waals surface area (Å²) >= 11 is 0. The summed E-state index contributed by atoms with van der Waals surface area (Å²) in [5, 5.41) is 21.3. The first-order valence-electron chi connectivity index (χ1n) is 10.7. The molecule has 29 heavy (non-hydrogen) atoms. The number of piperidine rings is 1. The minimum Gasteiger partial charge on any atom is -0.487 e. The molecule has 2 aromatic carbocycles. The molecule has 1 aliphatic carbocycles. The van der Waals surface area contributed by atoms with Crippen molar-refractivity contribution < 1.29 is 19.3 Å². The van der Waals surface area contributed by atoms with Gasteiger partial charge in [0.05, 0.1) is 12.2 Å². The smallest absolute Gasteiger partial charge is 0.126 e. The number of halogens is 1. The van der Waals surface area contributed by atoms with E-state index in [1.54, 1.807) is 6.07 Å². The lowest BCUT2D eigenvalue weighted by Crippen LogP contribution is -2.51. The molecule has 0 saturated carbocycles. The molecule has 2 aliphatic heterocycles. The van der Waals surface area contributed by atoms with Crippen molar-refractivity contribution in [1.82, 2.24) is 4.90 Å². The molecule has 2 N–H and O–H groups in total. The molecule has 5 heteroatoms. The number of nitrogens with zero attached hydrogens (tertiary/aromatic N) is 1. The number of benzene rings is 2. The first kappa shape index (κ1) is 19.0. The van der Waals surface area contributed by atoms with Gasteiger partial charge in [0.1, 0.15) is 17.2 Å². The Morgan fingerprint density at radius 2 is 1.90 bits per heavy atom. The largest absolute Gasteiger partial charge is 0.487 e. The number of ether oxygens (including phenoxy) is 1. The second kappa shape index (κ2) is 7.38. The fourth-order valence-electron chi connectivity index (χ4n) is 5.21. The molecule has 1 spiro atoms. The zero-order valence-corrected chi connectivity index (χ0v) is 16.6. The van der Waals surface area contributed by atoms with E-state index in [4.69, 9.17) is 4.74 Å². The number of hydrogen-bond acceptors (Lipinski definition) is 4. The Kier molecular flexibility index (Phi) is 4.85. The van der Waals surface area contributed by atoms with Crippen LogP contribution in [-0.4, -0.2) is 40.3 Å². The van der Waals surface area contributed by atoms with Crippen LogP contribution in [0, 0.1) is 5.82 Å². The van der Waals surface area contributed by atoms with E-state index in [2.05, 4.69) is 23.1 Å². The highest BCUT2D eigenvalue weighted by atomic mass is 19.1. The Balaban J connectivity index is 1.22. The quantitative estimate of drug-likeness (QED) is 0.829. The second-order valence-corrected chi connectivity index (χ2v) is 8.89. The molecule has 154 valence electrons. The van der Waals surface area contributed by atoms with Gasteiger partial charge in [0.15, 0.2) is 0 Å². The SMILES string of the molecule is OC(CN1CCC2(CC1)CC(O)c1cc(F)ccc1O2)c1ccc2c(c1)CCC2. The van der Waals surface area contributed by atoms with Gasteiger partial charge in [0.25, 0.3) is 0 Å². The van der Waals surface area contributed by atoms with Crippen molar-refractivity contribution in [2.24, 2.45) is 0 Å². The third-order valence-corrected chi connectivity index (χ3v) is 6.93. The van der Waals surface area contributed by atoms with Gasteiger partial charge < -0.3 is 19.8 Å². The molecular formula is C24H28FNO3. The van der Waals surface area contributed by atoms with E-state index < -0.39 is 17.8 Å². The molecule has 0 aromatic heterocycles. The lowest BCUT2D eigenvalue weighted by Gasteiger charge is -2.46. The Labute approximate surface area is 170 Å². The highest BCUT2D eigenvalue weighted by Gasteiger charge is 2.43. The summed E-state index contributed by atoms with van der Waals surface area (Å²) in [5.41, 5.74) is 3.96. The van der Waals surface area contributed by atoms with Crippen LogP contribution in [0.15, 0.2) is 36.4 Å². The van der Waals surface area contributed by atoms with Crippen LogP contribution >= 0.6 is 0 Å². The van der Waals surface area contributed by atoms with E-state index >= 15 is 0 Å². The van der Waals surface area contributed by atoms with Gasteiger partial charge in [-0.1, -0.05) is 18.2 Å². The van der Waals surface area contributed by atoms with Gasteiger partial charge in [-0.2, -0.15) is 0 Å². The fraction of sp³-hybridized carbons (Fsp3) is 0.500. The van der Waals surface area contributed by atoms with E-state index in [9.17, 15) is 14.6 Å². The highest BCUT2D eigenvalue weighted by molar-refractivity contribution is 5.39. The van der Waals surface area contributed by atoms with E-state index in [0.717, 1.165) is 44.3 Å². The van der Waals surface area contributed by atoms with Gasteiger partial charge in [-0.25, -0.2) is 4.39 Å². The predicted molar refractivity (Wildman–Crippen MR) is 108 cm³/mol.